The maximum atomic E-state index is 13.3. The summed E-state index contributed by atoms with van der Waals surface area (Å²) in [6, 6.07) is 3.92. The molecule has 1 unspecified atom stereocenters. The summed E-state index contributed by atoms with van der Waals surface area (Å²) in [5.41, 5.74) is 5.31. The van der Waals surface area contributed by atoms with Gasteiger partial charge in [0.15, 0.2) is 9.84 Å². The first-order valence-electron chi connectivity index (χ1n) is 4.77. The fourth-order valence-corrected chi connectivity index (χ4v) is 1.54. The lowest BCUT2D eigenvalue weighted by Crippen LogP contribution is -2.32. The molecule has 1 atom stereocenters. The zero-order chi connectivity index (χ0) is 13.2. The normalized spacial score (nSPS) is 13.1. The van der Waals surface area contributed by atoms with Gasteiger partial charge in [-0.05, 0) is 19.1 Å². The molecule has 0 saturated carbocycles. The fourth-order valence-electron chi connectivity index (χ4n) is 1.09. The Morgan fingerprint density at radius 3 is 2.53 bits per heavy atom. The van der Waals surface area contributed by atoms with E-state index in [4.69, 9.17) is 5.73 Å². The van der Waals surface area contributed by atoms with Gasteiger partial charge in [0.1, 0.15) is 16.8 Å². The van der Waals surface area contributed by atoms with E-state index in [2.05, 4.69) is 5.32 Å². The van der Waals surface area contributed by atoms with Gasteiger partial charge in [0.25, 0.3) is 0 Å². The lowest BCUT2D eigenvalue weighted by atomic mass is 10.2. The highest BCUT2D eigenvalue weighted by atomic mass is 32.2. The third-order valence-electron chi connectivity index (χ3n) is 2.31. The lowest BCUT2D eigenvalue weighted by molar-refractivity contribution is -0.115. The van der Waals surface area contributed by atoms with E-state index < -0.39 is 26.8 Å². The minimum absolute atomic E-state index is 0.0408. The first-order valence-corrected chi connectivity index (χ1v) is 6.72. The predicted octanol–water partition coefficient (Wildman–Crippen LogP) is 0.780. The van der Waals surface area contributed by atoms with E-state index in [0.29, 0.717) is 0 Å². The van der Waals surface area contributed by atoms with Crippen LogP contribution in [-0.4, -0.2) is 25.8 Å². The zero-order valence-corrected chi connectivity index (χ0v) is 10.2. The van der Waals surface area contributed by atoms with Crippen LogP contribution in [0, 0.1) is 5.82 Å². The molecule has 0 heterocycles. The summed E-state index contributed by atoms with van der Waals surface area (Å²) in [6.45, 7) is 1.22. The number of benzene rings is 1. The number of para-hydroxylation sites is 1. The number of halogens is 1. The van der Waals surface area contributed by atoms with E-state index in [1.165, 1.54) is 19.1 Å². The SMILES string of the molecule is CC(C(=O)Nc1c(N)cccc1F)S(C)(=O)=O. The number of anilines is 2. The van der Waals surface area contributed by atoms with Crippen LogP contribution in [0.4, 0.5) is 15.8 Å². The summed E-state index contributed by atoms with van der Waals surface area (Å²) in [5, 5.41) is 0.904. The average Bonchev–Trinajstić information content (AvgIpc) is 2.21. The number of hydrogen-bond acceptors (Lipinski definition) is 4. The Balaban J connectivity index is 2.97. The molecule has 3 N–H and O–H groups in total. The van der Waals surface area contributed by atoms with Crippen LogP contribution in [0.3, 0.4) is 0 Å². The maximum Gasteiger partial charge on any atom is 0.242 e. The number of sulfone groups is 1. The monoisotopic (exact) mass is 260 g/mol. The molecule has 1 aromatic rings. The van der Waals surface area contributed by atoms with Crippen LogP contribution in [0.5, 0.6) is 0 Å². The highest BCUT2D eigenvalue weighted by Crippen LogP contribution is 2.22. The van der Waals surface area contributed by atoms with Crippen molar-refractivity contribution < 1.29 is 17.6 Å². The summed E-state index contributed by atoms with van der Waals surface area (Å²) >= 11 is 0. The number of nitrogens with one attached hydrogen (secondary N) is 1. The number of carbonyl (C=O) groups is 1. The van der Waals surface area contributed by atoms with E-state index in [0.717, 1.165) is 12.3 Å². The van der Waals surface area contributed by atoms with Crippen LogP contribution in [0.2, 0.25) is 0 Å². The number of amides is 1. The average molecular weight is 260 g/mol. The van der Waals surface area contributed by atoms with Gasteiger partial charge >= 0.3 is 0 Å². The zero-order valence-electron chi connectivity index (χ0n) is 9.40. The number of carbonyl (C=O) groups excluding carboxylic acids is 1. The molecule has 17 heavy (non-hydrogen) atoms. The summed E-state index contributed by atoms with van der Waals surface area (Å²) < 4.78 is 35.6. The molecule has 0 aliphatic rings. The molecule has 7 heteroatoms. The molecule has 5 nitrogen and oxygen atoms in total. The van der Waals surface area contributed by atoms with Gasteiger partial charge in [-0.1, -0.05) is 6.07 Å². The second-order valence-electron chi connectivity index (χ2n) is 3.67. The minimum atomic E-state index is -3.52. The van der Waals surface area contributed by atoms with Crippen molar-refractivity contribution in [1.82, 2.24) is 0 Å². The van der Waals surface area contributed by atoms with Crippen molar-refractivity contribution in [2.75, 3.05) is 17.3 Å². The molecule has 1 rings (SSSR count). The summed E-state index contributed by atoms with van der Waals surface area (Å²) in [4.78, 5) is 11.6. The second kappa shape index (κ2) is 4.70. The van der Waals surface area contributed by atoms with E-state index in [1.54, 1.807) is 0 Å². The first-order chi connectivity index (χ1) is 7.73. The van der Waals surface area contributed by atoms with E-state index in [9.17, 15) is 17.6 Å². The van der Waals surface area contributed by atoms with Crippen molar-refractivity contribution in [3.05, 3.63) is 24.0 Å². The van der Waals surface area contributed by atoms with Crippen LogP contribution < -0.4 is 11.1 Å². The van der Waals surface area contributed by atoms with Crippen LogP contribution in [-0.2, 0) is 14.6 Å². The Morgan fingerprint density at radius 2 is 2.06 bits per heavy atom. The third-order valence-corrected chi connectivity index (χ3v) is 3.80. The van der Waals surface area contributed by atoms with Crippen molar-refractivity contribution in [2.24, 2.45) is 0 Å². The first kappa shape index (κ1) is 13.4. The van der Waals surface area contributed by atoms with Crippen molar-refractivity contribution in [1.29, 1.82) is 0 Å². The molecule has 0 aromatic heterocycles. The quantitative estimate of drug-likeness (QED) is 0.786. The number of nitrogen functional groups attached to an aromatic ring is 1. The van der Waals surface area contributed by atoms with E-state index in [-0.39, 0.29) is 11.4 Å². The summed E-state index contributed by atoms with van der Waals surface area (Å²) in [5.74, 6) is -1.52. The van der Waals surface area contributed by atoms with Gasteiger partial charge in [0, 0.05) is 6.26 Å². The molecule has 0 bridgehead atoms. The standard InChI is InChI=1S/C10H13FN2O3S/c1-6(17(2,15)16)10(14)13-9-7(11)4-3-5-8(9)12/h3-6H,12H2,1-2H3,(H,13,14). The predicted molar refractivity (Wildman–Crippen MR) is 63.7 cm³/mol. The van der Waals surface area contributed by atoms with E-state index >= 15 is 0 Å². The smallest absolute Gasteiger partial charge is 0.242 e. The van der Waals surface area contributed by atoms with Crippen LogP contribution in [0.25, 0.3) is 0 Å². The van der Waals surface area contributed by atoms with Crippen molar-refractivity contribution >= 4 is 27.1 Å². The Bertz CT molecular complexity index is 522. The van der Waals surface area contributed by atoms with Gasteiger partial charge in [0.05, 0.1) is 5.69 Å². The molecular weight excluding hydrogens is 247 g/mol. The van der Waals surface area contributed by atoms with Crippen LogP contribution in [0.15, 0.2) is 18.2 Å². The Kier molecular flexibility index (Phi) is 3.72. The van der Waals surface area contributed by atoms with Gasteiger partial charge in [-0.25, -0.2) is 12.8 Å². The third kappa shape index (κ3) is 3.16. The molecular formula is C10H13FN2O3S. The van der Waals surface area contributed by atoms with Gasteiger partial charge < -0.3 is 11.1 Å². The maximum absolute atomic E-state index is 13.3. The Hall–Kier alpha value is -1.63. The highest BCUT2D eigenvalue weighted by molar-refractivity contribution is 7.92. The van der Waals surface area contributed by atoms with Crippen LogP contribution in [0.1, 0.15) is 6.92 Å². The molecule has 94 valence electrons. The molecule has 0 saturated heterocycles. The van der Waals surface area contributed by atoms with Crippen molar-refractivity contribution in [3.8, 4) is 0 Å². The van der Waals surface area contributed by atoms with Gasteiger partial charge in [0.2, 0.25) is 5.91 Å². The van der Waals surface area contributed by atoms with Crippen LogP contribution >= 0.6 is 0 Å². The summed E-state index contributed by atoms with van der Waals surface area (Å²) in [6.07, 6.45) is 0.932. The molecule has 0 aliphatic heterocycles. The Labute approximate surface area is 98.7 Å². The van der Waals surface area contributed by atoms with E-state index in [1.807, 2.05) is 0 Å². The number of hydrogen-bond donors (Lipinski definition) is 2. The Morgan fingerprint density at radius 1 is 1.47 bits per heavy atom. The lowest BCUT2D eigenvalue weighted by Gasteiger charge is -2.12. The summed E-state index contributed by atoms with van der Waals surface area (Å²) in [7, 11) is -3.52. The molecule has 1 amide bonds. The minimum Gasteiger partial charge on any atom is -0.397 e. The molecule has 0 aliphatic carbocycles. The topological polar surface area (TPSA) is 89.3 Å². The van der Waals surface area contributed by atoms with Gasteiger partial charge in [-0.3, -0.25) is 4.79 Å². The van der Waals surface area contributed by atoms with Gasteiger partial charge in [-0.2, -0.15) is 0 Å². The second-order valence-corrected chi connectivity index (χ2v) is 6.03. The fraction of sp³-hybridized carbons (Fsp3) is 0.300. The molecule has 0 spiro atoms. The van der Waals surface area contributed by atoms with Crippen molar-refractivity contribution in [3.63, 3.8) is 0 Å². The largest absolute Gasteiger partial charge is 0.397 e. The number of nitrogens with two attached hydrogens (primary N) is 1. The molecule has 0 radical (unpaired) electrons. The molecule has 0 fully saturated rings. The molecule has 1 aromatic carbocycles. The van der Waals surface area contributed by atoms with Gasteiger partial charge in [-0.15, -0.1) is 0 Å². The van der Waals surface area contributed by atoms with Crippen molar-refractivity contribution in [2.45, 2.75) is 12.2 Å². The number of rotatable bonds is 3. The highest BCUT2D eigenvalue weighted by Gasteiger charge is 2.24.